The first kappa shape index (κ1) is 15.0. The highest BCUT2D eigenvalue weighted by molar-refractivity contribution is 5.22. The Balaban J connectivity index is 4.69. The van der Waals surface area contributed by atoms with Crippen molar-refractivity contribution in [3.8, 4) is 0 Å². The summed E-state index contributed by atoms with van der Waals surface area (Å²) in [7, 11) is 2.16. The molecule has 0 aliphatic heterocycles. The summed E-state index contributed by atoms with van der Waals surface area (Å²) in [5.41, 5.74) is 1.63. The quantitative estimate of drug-likeness (QED) is 0.601. The molecule has 0 saturated heterocycles. The van der Waals surface area contributed by atoms with Crippen LogP contribution in [0, 0.1) is 5.41 Å². The van der Waals surface area contributed by atoms with E-state index in [2.05, 4.69) is 70.0 Å². The lowest BCUT2D eigenvalue weighted by Gasteiger charge is -2.31. The molecule has 0 fully saturated rings. The summed E-state index contributed by atoms with van der Waals surface area (Å²) in [4.78, 5) is 2.32. The zero-order valence-corrected chi connectivity index (χ0v) is 11.7. The van der Waals surface area contributed by atoms with E-state index >= 15 is 0 Å². The van der Waals surface area contributed by atoms with Crippen molar-refractivity contribution in [1.29, 1.82) is 0 Å². The molecule has 0 rings (SSSR count). The van der Waals surface area contributed by atoms with Crippen LogP contribution in [0.2, 0.25) is 0 Å². The third kappa shape index (κ3) is 5.79. The predicted molar refractivity (Wildman–Crippen MR) is 74.4 cm³/mol. The maximum atomic E-state index is 2.32. The normalized spacial score (nSPS) is 14.0. The van der Waals surface area contributed by atoms with Gasteiger partial charge in [-0.05, 0) is 37.8 Å². The van der Waals surface area contributed by atoms with E-state index in [9.17, 15) is 0 Å². The molecule has 0 saturated carbocycles. The number of likely N-dealkylation sites (N-methyl/N-ethyl adjacent to an activating group) is 1. The van der Waals surface area contributed by atoms with Crippen molar-refractivity contribution >= 4 is 0 Å². The van der Waals surface area contributed by atoms with E-state index in [4.69, 9.17) is 0 Å². The zero-order valence-electron chi connectivity index (χ0n) is 11.7. The zero-order chi connectivity index (χ0) is 12.6. The molecule has 0 spiro atoms. The van der Waals surface area contributed by atoms with Gasteiger partial charge in [-0.25, -0.2) is 0 Å². The van der Waals surface area contributed by atoms with E-state index in [-0.39, 0.29) is 0 Å². The van der Waals surface area contributed by atoms with Gasteiger partial charge in [-0.2, -0.15) is 0 Å². The van der Waals surface area contributed by atoms with Gasteiger partial charge in [0.1, 0.15) is 0 Å². The Hall–Kier alpha value is -0.980. The molecule has 0 aromatic carbocycles. The van der Waals surface area contributed by atoms with Gasteiger partial charge in [-0.1, -0.05) is 39.0 Å². The van der Waals surface area contributed by atoms with Crippen molar-refractivity contribution in [1.82, 2.24) is 4.90 Å². The summed E-state index contributed by atoms with van der Waals surface area (Å²) in [5, 5.41) is 0. The van der Waals surface area contributed by atoms with Gasteiger partial charge in [-0.15, -0.1) is 0 Å². The first-order valence-corrected chi connectivity index (χ1v) is 6.13. The molecule has 0 unspecified atom stereocenters. The van der Waals surface area contributed by atoms with Gasteiger partial charge < -0.3 is 4.90 Å². The fourth-order valence-electron chi connectivity index (χ4n) is 1.52. The Bertz CT molecular complexity index is 269. The molecule has 0 atom stereocenters. The SMILES string of the molecule is C\C=C/C=C(\C=C/C)N(C)CC(C)(C)CC. The molecule has 16 heavy (non-hydrogen) atoms. The highest BCUT2D eigenvalue weighted by Crippen LogP contribution is 2.22. The molecule has 92 valence electrons. The van der Waals surface area contributed by atoms with E-state index in [0.717, 1.165) is 6.54 Å². The number of nitrogens with zero attached hydrogens (tertiary/aromatic N) is 1. The number of hydrogen-bond donors (Lipinski definition) is 0. The van der Waals surface area contributed by atoms with Gasteiger partial charge in [-0.3, -0.25) is 0 Å². The Morgan fingerprint density at radius 2 is 1.81 bits per heavy atom. The van der Waals surface area contributed by atoms with Gasteiger partial charge in [0.05, 0.1) is 0 Å². The lowest BCUT2D eigenvalue weighted by Crippen LogP contribution is -2.30. The summed E-state index contributed by atoms with van der Waals surface area (Å²) in [5.74, 6) is 0. The molecular formula is C15H27N. The third-order valence-electron chi connectivity index (χ3n) is 2.86. The average molecular weight is 221 g/mol. The molecule has 0 N–H and O–H groups in total. The smallest absolute Gasteiger partial charge is 0.0360 e. The Labute approximate surface area is 102 Å². The molecular weight excluding hydrogens is 194 g/mol. The van der Waals surface area contributed by atoms with Crippen molar-refractivity contribution < 1.29 is 0 Å². The molecule has 0 amide bonds. The summed E-state index contributed by atoms with van der Waals surface area (Å²) >= 11 is 0. The summed E-state index contributed by atoms with van der Waals surface area (Å²) < 4.78 is 0. The number of rotatable bonds is 6. The van der Waals surface area contributed by atoms with Gasteiger partial charge in [0.25, 0.3) is 0 Å². The first-order valence-electron chi connectivity index (χ1n) is 6.13. The van der Waals surface area contributed by atoms with Crippen LogP contribution in [0.5, 0.6) is 0 Å². The first-order chi connectivity index (χ1) is 7.46. The number of allylic oxidation sites excluding steroid dienone is 5. The lowest BCUT2D eigenvalue weighted by molar-refractivity contribution is 0.243. The molecule has 0 heterocycles. The van der Waals surface area contributed by atoms with Gasteiger partial charge in [0.2, 0.25) is 0 Å². The van der Waals surface area contributed by atoms with Crippen LogP contribution in [0.25, 0.3) is 0 Å². The monoisotopic (exact) mass is 221 g/mol. The van der Waals surface area contributed by atoms with Crippen molar-refractivity contribution in [2.75, 3.05) is 13.6 Å². The van der Waals surface area contributed by atoms with Gasteiger partial charge in [0, 0.05) is 19.3 Å². The van der Waals surface area contributed by atoms with Crippen molar-refractivity contribution in [2.45, 2.75) is 41.0 Å². The highest BCUT2D eigenvalue weighted by atomic mass is 15.1. The van der Waals surface area contributed by atoms with E-state index in [1.165, 1.54) is 12.1 Å². The summed E-state index contributed by atoms with van der Waals surface area (Å²) in [6.45, 7) is 12.1. The molecule has 0 bridgehead atoms. The van der Waals surface area contributed by atoms with Crippen LogP contribution in [-0.4, -0.2) is 18.5 Å². The second-order valence-electron chi connectivity index (χ2n) is 4.99. The molecule has 0 aromatic heterocycles. The van der Waals surface area contributed by atoms with Crippen LogP contribution < -0.4 is 0 Å². The predicted octanol–water partition coefficient (Wildman–Crippen LogP) is 4.39. The van der Waals surface area contributed by atoms with Crippen LogP contribution in [0.1, 0.15) is 41.0 Å². The lowest BCUT2D eigenvalue weighted by atomic mass is 9.89. The van der Waals surface area contributed by atoms with Crippen LogP contribution in [0.4, 0.5) is 0 Å². The molecule has 0 radical (unpaired) electrons. The summed E-state index contributed by atoms with van der Waals surface area (Å²) in [6.07, 6.45) is 11.7. The molecule has 0 aliphatic rings. The van der Waals surface area contributed by atoms with Gasteiger partial charge >= 0.3 is 0 Å². The Morgan fingerprint density at radius 3 is 2.25 bits per heavy atom. The van der Waals surface area contributed by atoms with E-state index in [1.807, 2.05) is 6.92 Å². The van der Waals surface area contributed by atoms with E-state index in [0.29, 0.717) is 5.41 Å². The van der Waals surface area contributed by atoms with Gasteiger partial charge in [0.15, 0.2) is 0 Å². The maximum absolute atomic E-state index is 2.32. The second kappa shape index (κ2) is 7.32. The summed E-state index contributed by atoms with van der Waals surface area (Å²) in [6, 6.07) is 0. The second-order valence-corrected chi connectivity index (χ2v) is 4.99. The van der Waals surface area contributed by atoms with Crippen molar-refractivity contribution in [2.24, 2.45) is 5.41 Å². The van der Waals surface area contributed by atoms with Crippen LogP contribution in [0.15, 0.2) is 36.1 Å². The standard InChI is InChI=1S/C15H27N/c1-7-10-12-14(11-8-2)16(6)13-15(4,5)9-3/h7-8,10-12H,9,13H2,1-6H3/b10-7-,11-8-,14-12+. The molecule has 0 aliphatic carbocycles. The molecule has 1 nitrogen and oxygen atoms in total. The highest BCUT2D eigenvalue weighted by Gasteiger charge is 2.17. The minimum atomic E-state index is 0.366. The van der Waals surface area contributed by atoms with E-state index < -0.39 is 0 Å². The molecule has 1 heteroatoms. The Kier molecular flexibility index (Phi) is 6.87. The number of hydrogen-bond acceptors (Lipinski definition) is 1. The fourth-order valence-corrected chi connectivity index (χ4v) is 1.52. The average Bonchev–Trinajstić information content (AvgIpc) is 2.23. The van der Waals surface area contributed by atoms with Crippen LogP contribution >= 0.6 is 0 Å². The largest absolute Gasteiger partial charge is 0.374 e. The van der Waals surface area contributed by atoms with Crippen molar-refractivity contribution in [3.63, 3.8) is 0 Å². The topological polar surface area (TPSA) is 3.24 Å². The van der Waals surface area contributed by atoms with E-state index in [1.54, 1.807) is 0 Å². The van der Waals surface area contributed by atoms with Crippen molar-refractivity contribution in [3.05, 3.63) is 36.1 Å². The Morgan fingerprint density at radius 1 is 1.19 bits per heavy atom. The minimum absolute atomic E-state index is 0.366. The maximum Gasteiger partial charge on any atom is 0.0360 e. The van der Waals surface area contributed by atoms with Crippen LogP contribution in [-0.2, 0) is 0 Å². The molecule has 0 aromatic rings. The minimum Gasteiger partial charge on any atom is -0.374 e. The third-order valence-corrected chi connectivity index (χ3v) is 2.86. The van der Waals surface area contributed by atoms with Crippen LogP contribution in [0.3, 0.4) is 0 Å². The fraction of sp³-hybridized carbons (Fsp3) is 0.600.